The summed E-state index contributed by atoms with van der Waals surface area (Å²) in [6.07, 6.45) is -18.1. The average Bonchev–Trinajstić information content (AvgIpc) is 1.49. The molecule has 0 radical (unpaired) electrons. The Morgan fingerprint density at radius 3 is 1.81 bits per heavy atom. The molecule has 518 valence electrons. The molecule has 1 aromatic heterocycles. The Morgan fingerprint density at radius 2 is 1.18 bits per heavy atom. The van der Waals surface area contributed by atoms with Crippen LogP contribution in [0.2, 0.25) is 0 Å². The number of halogens is 6. The van der Waals surface area contributed by atoms with E-state index in [2.05, 4.69) is 47.5 Å². The van der Waals surface area contributed by atoms with E-state index in [1.54, 1.807) is 87.5 Å². The highest BCUT2D eigenvalue weighted by Gasteiger charge is 2.45. The minimum atomic E-state index is -5.21. The van der Waals surface area contributed by atoms with E-state index in [1.807, 2.05) is 0 Å². The first-order valence-corrected chi connectivity index (χ1v) is 30.5. The van der Waals surface area contributed by atoms with Gasteiger partial charge >= 0.3 is 12.4 Å². The number of carbonyl (C=O) groups excluding carboxylic acids is 8. The zero-order chi connectivity index (χ0) is 69.9. The zero-order valence-electron chi connectivity index (χ0n) is 52.3. The first-order valence-electron chi connectivity index (χ1n) is 30.5. The summed E-state index contributed by atoms with van der Waals surface area (Å²) in [6, 6.07) is 11.4. The molecule has 5 aromatic rings. The standard InChI is InChI=1S/C64H80F6N10O15/c1-5-6-15-45(77-60(92)47(25-35-12-8-7-9-13-35)76-51(83)30-74-55(87)34(4)75-56(88)43(71)24-36-17-19-41(82)20-18-36)58(90)80-49(32-94-62-54(86)53(85)52(84)50(31-81)95-62)61(93)78-46(21-33(2)3)59(91)79-48(26-38-29-72-44-16-11-10-14-42(38)44)57(89)73-28-37-22-39(63(65,66)67)27-40(23-37)64(68,69)70/h7-14,16-20,22-23,27,29,33-34,43,45-50,52-54,62,72,81-82,84-86H,5-6,15,21,24-26,28,30-32,71H2,1-4H3,(H,73,89)(H,74,87)(H,75,88)(H,76,83)(H,77,92)(H,78,93)(H,79,91)(H,80,90)/t34-,43+,45+,46+,47+,48+,49+,50-,52-,53+,54-,62?/m1/s1. The molecular weight excluding hydrogens is 1260 g/mol. The highest BCUT2D eigenvalue weighted by molar-refractivity contribution is 5.97. The van der Waals surface area contributed by atoms with Crippen molar-refractivity contribution >= 4 is 58.2 Å². The number of hydrogen-bond donors (Lipinski definition) is 15. The Bertz CT molecular complexity index is 3380. The van der Waals surface area contributed by atoms with Gasteiger partial charge in [-0.3, -0.25) is 38.4 Å². The monoisotopic (exact) mass is 1340 g/mol. The van der Waals surface area contributed by atoms with Crippen molar-refractivity contribution in [3.05, 3.63) is 137 Å². The van der Waals surface area contributed by atoms with Gasteiger partial charge in [-0.15, -0.1) is 0 Å². The van der Waals surface area contributed by atoms with Crippen LogP contribution in [-0.4, -0.2) is 171 Å². The minimum Gasteiger partial charge on any atom is -0.508 e. The fourth-order valence-corrected chi connectivity index (χ4v) is 10.2. The Hall–Kier alpha value is -8.72. The lowest BCUT2D eigenvalue weighted by molar-refractivity contribution is -0.301. The first kappa shape index (κ1) is 75.3. The van der Waals surface area contributed by atoms with Crippen LogP contribution in [0.4, 0.5) is 26.3 Å². The van der Waals surface area contributed by atoms with Gasteiger partial charge in [0.15, 0.2) is 6.29 Å². The number of aromatic hydroxyl groups is 1. The van der Waals surface area contributed by atoms with Gasteiger partial charge in [0.25, 0.3) is 0 Å². The summed E-state index contributed by atoms with van der Waals surface area (Å²) in [5.74, 6) is -8.07. The molecular formula is C64H80F6N10O15. The molecule has 25 nitrogen and oxygen atoms in total. The van der Waals surface area contributed by atoms with Gasteiger partial charge in [-0.2, -0.15) is 26.3 Å². The number of aromatic nitrogens is 1. The van der Waals surface area contributed by atoms with Crippen molar-refractivity contribution in [2.45, 2.75) is 165 Å². The van der Waals surface area contributed by atoms with Gasteiger partial charge in [-0.1, -0.05) is 94.3 Å². The second-order valence-electron chi connectivity index (χ2n) is 23.5. The maximum absolute atomic E-state index is 14.8. The molecule has 0 saturated carbocycles. The van der Waals surface area contributed by atoms with Gasteiger partial charge < -0.3 is 88.3 Å². The van der Waals surface area contributed by atoms with Crippen molar-refractivity contribution in [2.75, 3.05) is 19.8 Å². The molecule has 12 atom stereocenters. The maximum atomic E-state index is 14.8. The van der Waals surface area contributed by atoms with E-state index < -0.39 is 182 Å². The summed E-state index contributed by atoms with van der Waals surface area (Å²) >= 11 is 0. The molecule has 1 aliphatic rings. The van der Waals surface area contributed by atoms with Gasteiger partial charge in [0.1, 0.15) is 66.4 Å². The Balaban J connectivity index is 1.23. The highest BCUT2D eigenvalue weighted by atomic mass is 19.4. The van der Waals surface area contributed by atoms with Gasteiger partial charge in [-0.05, 0) is 90.8 Å². The number of unbranched alkanes of at least 4 members (excludes halogenated alkanes) is 1. The number of aromatic amines is 1. The van der Waals surface area contributed by atoms with Crippen LogP contribution in [0.5, 0.6) is 5.75 Å². The molecule has 1 unspecified atom stereocenters. The van der Waals surface area contributed by atoms with Crippen LogP contribution >= 0.6 is 0 Å². The summed E-state index contributed by atoms with van der Waals surface area (Å²) in [7, 11) is 0. The maximum Gasteiger partial charge on any atom is 0.416 e. The van der Waals surface area contributed by atoms with Crippen molar-refractivity contribution in [2.24, 2.45) is 11.7 Å². The van der Waals surface area contributed by atoms with Gasteiger partial charge in [0.05, 0.1) is 36.9 Å². The van der Waals surface area contributed by atoms with E-state index in [9.17, 15) is 90.2 Å². The van der Waals surface area contributed by atoms with Crippen LogP contribution in [0.15, 0.2) is 103 Å². The number of phenolic OH excluding ortho intramolecular Hbond substituents is 1. The van der Waals surface area contributed by atoms with Crippen LogP contribution in [0.3, 0.4) is 0 Å². The van der Waals surface area contributed by atoms with E-state index in [0.29, 0.717) is 46.1 Å². The molecule has 31 heteroatoms. The third kappa shape index (κ3) is 22.5. The van der Waals surface area contributed by atoms with E-state index in [4.69, 9.17) is 15.2 Å². The van der Waals surface area contributed by atoms with Gasteiger partial charge in [0.2, 0.25) is 47.3 Å². The Labute approximate surface area is 542 Å². The summed E-state index contributed by atoms with van der Waals surface area (Å²) in [4.78, 5) is 115. The first-order chi connectivity index (χ1) is 44.8. The molecule has 6 rings (SSSR count). The summed E-state index contributed by atoms with van der Waals surface area (Å²) < 4.78 is 94.3. The summed E-state index contributed by atoms with van der Waals surface area (Å²) in [5.41, 5.74) is 4.39. The number of amides is 8. The molecule has 8 amide bonds. The van der Waals surface area contributed by atoms with Crippen LogP contribution in [0.25, 0.3) is 10.9 Å². The third-order valence-electron chi connectivity index (χ3n) is 15.4. The second kappa shape index (κ2) is 34.6. The lowest BCUT2D eigenvalue weighted by Gasteiger charge is -2.40. The van der Waals surface area contributed by atoms with Crippen molar-refractivity contribution < 1.29 is 99.7 Å². The quantitative estimate of drug-likeness (QED) is 0.0272. The number of H-pyrrole nitrogens is 1. The number of rotatable bonds is 32. The number of alkyl halides is 6. The molecule has 0 spiro atoms. The van der Waals surface area contributed by atoms with Crippen LogP contribution < -0.4 is 48.3 Å². The Morgan fingerprint density at radius 1 is 0.611 bits per heavy atom. The van der Waals surface area contributed by atoms with Crippen LogP contribution in [0.1, 0.15) is 86.8 Å². The van der Waals surface area contributed by atoms with Crippen LogP contribution in [-0.2, 0) is 86.0 Å². The third-order valence-corrected chi connectivity index (χ3v) is 15.4. The Kier molecular flexibility index (Phi) is 27.4. The number of para-hydroxylation sites is 1. The van der Waals surface area contributed by atoms with Crippen molar-refractivity contribution in [1.82, 2.24) is 47.5 Å². The molecule has 16 N–H and O–H groups in total. The molecule has 1 saturated heterocycles. The number of nitrogens with two attached hydrogens (primary N) is 1. The predicted octanol–water partition coefficient (Wildman–Crippen LogP) is 1.68. The van der Waals surface area contributed by atoms with Gasteiger partial charge in [-0.25, -0.2) is 0 Å². The molecule has 95 heavy (non-hydrogen) atoms. The largest absolute Gasteiger partial charge is 0.508 e. The van der Waals surface area contributed by atoms with Gasteiger partial charge in [0, 0.05) is 36.5 Å². The van der Waals surface area contributed by atoms with E-state index >= 15 is 0 Å². The lowest BCUT2D eigenvalue weighted by atomic mass is 9.99. The topological polar surface area (TPSA) is 394 Å². The highest BCUT2D eigenvalue weighted by Crippen LogP contribution is 2.36. The number of ether oxygens (including phenoxy) is 2. The number of fused-ring (bicyclic) bond motifs is 1. The fraction of sp³-hybridized carbons (Fsp3) is 0.469. The number of aliphatic hydroxyl groups is 4. The fourth-order valence-electron chi connectivity index (χ4n) is 10.2. The van der Waals surface area contributed by atoms with E-state index in [-0.39, 0.29) is 50.3 Å². The van der Waals surface area contributed by atoms with E-state index in [0.717, 1.165) is 0 Å². The second-order valence-corrected chi connectivity index (χ2v) is 23.5. The number of benzene rings is 4. The SMILES string of the molecule is CCCC[C@H](NC(=O)[C@H](Cc1ccccc1)NC(=O)CNC(=O)[C@@H](C)NC(=O)[C@@H](N)Cc1ccc(O)cc1)C(=O)N[C@@H](COC1O[C@H](CO)[C@@H](O)[C@H](O)[C@H]1O)C(=O)N[C@@H](CC(C)C)C(=O)N[C@@H](Cc1c[nH]c2ccccc12)C(=O)NCc1cc(C(F)(F)F)cc(C(F)(F)F)c1. The lowest BCUT2D eigenvalue weighted by Crippen LogP contribution is -2.62. The van der Waals surface area contributed by atoms with Crippen molar-refractivity contribution in [3.8, 4) is 5.75 Å². The number of hydrogen-bond acceptors (Lipinski definition) is 16. The molecule has 1 aliphatic heterocycles. The normalized spacial score (nSPS) is 18.8. The molecule has 0 aliphatic carbocycles. The number of phenols is 1. The molecule has 1 fully saturated rings. The average molecular weight is 1340 g/mol. The zero-order valence-corrected chi connectivity index (χ0v) is 52.3. The van der Waals surface area contributed by atoms with E-state index in [1.165, 1.54) is 25.3 Å². The smallest absolute Gasteiger partial charge is 0.416 e. The number of carbonyl (C=O) groups is 8. The number of aliphatic hydroxyl groups excluding tert-OH is 4. The molecule has 2 heterocycles. The summed E-state index contributed by atoms with van der Waals surface area (Å²) in [5, 5.41) is 72.0. The van der Waals surface area contributed by atoms with Crippen LogP contribution in [0, 0.1) is 5.92 Å². The number of nitrogens with one attached hydrogen (secondary N) is 9. The molecule has 4 aromatic carbocycles. The minimum absolute atomic E-state index is 0.00976. The molecule has 0 bridgehead atoms. The van der Waals surface area contributed by atoms with Crippen molar-refractivity contribution in [1.29, 1.82) is 0 Å². The predicted molar refractivity (Wildman–Crippen MR) is 329 cm³/mol. The van der Waals surface area contributed by atoms with Crippen molar-refractivity contribution in [3.63, 3.8) is 0 Å². The summed E-state index contributed by atoms with van der Waals surface area (Å²) in [6.45, 7) is 3.00.